The maximum atomic E-state index is 11.9. The van der Waals surface area contributed by atoms with Crippen molar-refractivity contribution in [3.8, 4) is 0 Å². The summed E-state index contributed by atoms with van der Waals surface area (Å²) >= 11 is 0. The van der Waals surface area contributed by atoms with Gasteiger partial charge in [0.15, 0.2) is 0 Å². The zero-order valence-corrected chi connectivity index (χ0v) is 10.8. The number of primary amides is 1. The van der Waals surface area contributed by atoms with Gasteiger partial charge >= 0.3 is 0 Å². The molecule has 1 aliphatic heterocycles. The summed E-state index contributed by atoms with van der Waals surface area (Å²) in [6.45, 7) is 1.72. The lowest BCUT2D eigenvalue weighted by Crippen LogP contribution is -2.44. The standard InChI is InChI=1S/C14H19N3O2/c15-14(19)11-5-4-8-17(9-11)10-13(18)16-12-6-2-1-3-7-12/h1-3,6-7,11H,4-5,8-10H2,(H2,15,19)(H,16,18)/t11-/m0/s1. The molecule has 0 aromatic heterocycles. The first-order valence-electron chi connectivity index (χ1n) is 6.52. The second-order valence-electron chi connectivity index (χ2n) is 4.89. The Morgan fingerprint density at radius 3 is 2.74 bits per heavy atom. The van der Waals surface area contributed by atoms with Crippen LogP contribution in [0.15, 0.2) is 30.3 Å². The van der Waals surface area contributed by atoms with Crippen LogP contribution in [-0.4, -0.2) is 36.3 Å². The van der Waals surface area contributed by atoms with Gasteiger partial charge in [0.25, 0.3) is 0 Å². The molecule has 1 aromatic carbocycles. The molecule has 1 atom stereocenters. The molecule has 0 saturated carbocycles. The zero-order chi connectivity index (χ0) is 13.7. The van der Waals surface area contributed by atoms with E-state index in [0.29, 0.717) is 13.1 Å². The van der Waals surface area contributed by atoms with Crippen molar-refractivity contribution in [2.45, 2.75) is 12.8 Å². The van der Waals surface area contributed by atoms with Gasteiger partial charge in [0.05, 0.1) is 12.5 Å². The van der Waals surface area contributed by atoms with Gasteiger partial charge in [-0.15, -0.1) is 0 Å². The van der Waals surface area contributed by atoms with E-state index in [2.05, 4.69) is 5.32 Å². The number of hydrogen-bond donors (Lipinski definition) is 2. The molecule has 0 spiro atoms. The van der Waals surface area contributed by atoms with Crippen LogP contribution < -0.4 is 11.1 Å². The van der Waals surface area contributed by atoms with Gasteiger partial charge in [-0.25, -0.2) is 0 Å². The zero-order valence-electron chi connectivity index (χ0n) is 10.8. The van der Waals surface area contributed by atoms with E-state index in [-0.39, 0.29) is 17.7 Å². The number of hydrogen-bond acceptors (Lipinski definition) is 3. The fourth-order valence-electron chi connectivity index (χ4n) is 2.36. The van der Waals surface area contributed by atoms with E-state index in [0.717, 1.165) is 25.1 Å². The van der Waals surface area contributed by atoms with Crippen molar-refractivity contribution >= 4 is 17.5 Å². The summed E-state index contributed by atoms with van der Waals surface area (Å²) in [4.78, 5) is 25.0. The number of anilines is 1. The monoisotopic (exact) mass is 261 g/mol. The Balaban J connectivity index is 1.83. The smallest absolute Gasteiger partial charge is 0.238 e. The molecule has 5 nitrogen and oxygen atoms in total. The first kappa shape index (κ1) is 13.5. The Morgan fingerprint density at radius 2 is 2.05 bits per heavy atom. The van der Waals surface area contributed by atoms with Crippen LogP contribution in [-0.2, 0) is 9.59 Å². The highest BCUT2D eigenvalue weighted by atomic mass is 16.2. The molecular formula is C14H19N3O2. The number of nitrogens with one attached hydrogen (secondary N) is 1. The topological polar surface area (TPSA) is 75.4 Å². The third-order valence-electron chi connectivity index (χ3n) is 3.33. The molecule has 2 rings (SSSR count). The Morgan fingerprint density at radius 1 is 1.32 bits per heavy atom. The predicted octanol–water partition coefficient (Wildman–Crippen LogP) is 0.822. The lowest BCUT2D eigenvalue weighted by molar-refractivity contribution is -0.125. The minimum Gasteiger partial charge on any atom is -0.369 e. The average molecular weight is 261 g/mol. The van der Waals surface area contributed by atoms with Crippen LogP contribution in [0.3, 0.4) is 0 Å². The number of piperidine rings is 1. The number of rotatable bonds is 4. The van der Waals surface area contributed by atoms with Crippen LogP contribution >= 0.6 is 0 Å². The molecule has 1 aromatic rings. The van der Waals surface area contributed by atoms with Crippen molar-refractivity contribution in [2.75, 3.05) is 25.0 Å². The Hall–Kier alpha value is -1.88. The lowest BCUT2D eigenvalue weighted by Gasteiger charge is -2.30. The summed E-state index contributed by atoms with van der Waals surface area (Å²) in [7, 11) is 0. The van der Waals surface area contributed by atoms with Gasteiger partial charge in [-0.3, -0.25) is 14.5 Å². The molecule has 1 saturated heterocycles. The fraction of sp³-hybridized carbons (Fsp3) is 0.429. The van der Waals surface area contributed by atoms with Crippen molar-refractivity contribution in [3.63, 3.8) is 0 Å². The molecule has 3 N–H and O–H groups in total. The summed E-state index contributed by atoms with van der Waals surface area (Å²) < 4.78 is 0. The van der Waals surface area contributed by atoms with Crippen LogP contribution in [0.4, 0.5) is 5.69 Å². The number of para-hydroxylation sites is 1. The van der Waals surface area contributed by atoms with E-state index >= 15 is 0 Å². The van der Waals surface area contributed by atoms with Gasteiger partial charge in [-0.2, -0.15) is 0 Å². The SMILES string of the molecule is NC(=O)[C@H]1CCCN(CC(=O)Nc2ccccc2)C1. The summed E-state index contributed by atoms with van der Waals surface area (Å²) in [5.74, 6) is -0.456. The lowest BCUT2D eigenvalue weighted by atomic mass is 9.97. The highest BCUT2D eigenvalue weighted by Crippen LogP contribution is 2.15. The van der Waals surface area contributed by atoms with E-state index in [1.165, 1.54) is 0 Å². The number of benzene rings is 1. The first-order chi connectivity index (χ1) is 9.15. The molecular weight excluding hydrogens is 242 g/mol. The molecule has 1 heterocycles. The first-order valence-corrected chi connectivity index (χ1v) is 6.52. The molecule has 0 radical (unpaired) electrons. The van der Waals surface area contributed by atoms with E-state index in [4.69, 9.17) is 5.73 Å². The quantitative estimate of drug-likeness (QED) is 0.842. The highest BCUT2D eigenvalue weighted by molar-refractivity contribution is 5.92. The summed E-state index contributed by atoms with van der Waals surface area (Å²) in [6, 6.07) is 9.34. The second-order valence-corrected chi connectivity index (χ2v) is 4.89. The van der Waals surface area contributed by atoms with E-state index < -0.39 is 0 Å². The van der Waals surface area contributed by atoms with Gasteiger partial charge in [0.2, 0.25) is 11.8 Å². The van der Waals surface area contributed by atoms with E-state index in [9.17, 15) is 9.59 Å². The highest BCUT2D eigenvalue weighted by Gasteiger charge is 2.24. The van der Waals surface area contributed by atoms with Crippen LogP contribution in [0.2, 0.25) is 0 Å². The third-order valence-corrected chi connectivity index (χ3v) is 3.33. The van der Waals surface area contributed by atoms with Crippen LogP contribution in [0.1, 0.15) is 12.8 Å². The number of likely N-dealkylation sites (tertiary alicyclic amines) is 1. The summed E-state index contributed by atoms with van der Waals surface area (Å²) in [5, 5.41) is 2.84. The molecule has 0 bridgehead atoms. The van der Waals surface area contributed by atoms with Crippen molar-refractivity contribution in [1.29, 1.82) is 0 Å². The number of nitrogens with zero attached hydrogens (tertiary/aromatic N) is 1. The normalized spacial score (nSPS) is 19.9. The molecule has 0 aliphatic carbocycles. The molecule has 5 heteroatoms. The van der Waals surface area contributed by atoms with Gasteiger partial charge in [-0.05, 0) is 31.5 Å². The average Bonchev–Trinajstić information content (AvgIpc) is 2.40. The van der Waals surface area contributed by atoms with Gasteiger partial charge in [0.1, 0.15) is 0 Å². The van der Waals surface area contributed by atoms with Crippen LogP contribution in [0.25, 0.3) is 0 Å². The molecule has 1 fully saturated rings. The summed E-state index contributed by atoms with van der Waals surface area (Å²) in [6.07, 6.45) is 1.73. The maximum absolute atomic E-state index is 11.9. The van der Waals surface area contributed by atoms with E-state index in [1.807, 2.05) is 35.2 Å². The molecule has 0 unspecified atom stereocenters. The predicted molar refractivity (Wildman–Crippen MR) is 73.4 cm³/mol. The van der Waals surface area contributed by atoms with Crippen LogP contribution in [0.5, 0.6) is 0 Å². The van der Waals surface area contributed by atoms with Crippen molar-refractivity contribution < 1.29 is 9.59 Å². The Bertz CT molecular complexity index is 447. The number of carbonyl (C=O) groups is 2. The van der Waals surface area contributed by atoms with Crippen LogP contribution in [0, 0.1) is 5.92 Å². The largest absolute Gasteiger partial charge is 0.369 e. The second kappa shape index (κ2) is 6.33. The maximum Gasteiger partial charge on any atom is 0.238 e. The molecule has 1 aliphatic rings. The minimum atomic E-state index is -0.270. The molecule has 2 amide bonds. The Kier molecular flexibility index (Phi) is 4.52. The Labute approximate surface area is 112 Å². The minimum absolute atomic E-state index is 0.0590. The van der Waals surface area contributed by atoms with Crippen molar-refractivity contribution in [2.24, 2.45) is 11.7 Å². The summed E-state index contributed by atoms with van der Waals surface area (Å²) in [5.41, 5.74) is 6.11. The van der Waals surface area contributed by atoms with Crippen molar-refractivity contribution in [1.82, 2.24) is 4.90 Å². The van der Waals surface area contributed by atoms with Gasteiger partial charge < -0.3 is 11.1 Å². The third kappa shape index (κ3) is 4.06. The van der Waals surface area contributed by atoms with E-state index in [1.54, 1.807) is 0 Å². The number of nitrogens with two attached hydrogens (primary N) is 1. The molecule has 102 valence electrons. The fourth-order valence-corrected chi connectivity index (χ4v) is 2.36. The number of carbonyl (C=O) groups excluding carboxylic acids is 2. The molecule has 19 heavy (non-hydrogen) atoms. The van der Waals surface area contributed by atoms with Gasteiger partial charge in [0, 0.05) is 12.2 Å². The number of amides is 2. The van der Waals surface area contributed by atoms with Crippen molar-refractivity contribution in [3.05, 3.63) is 30.3 Å². The van der Waals surface area contributed by atoms with Gasteiger partial charge in [-0.1, -0.05) is 18.2 Å².